The van der Waals surface area contributed by atoms with Crippen molar-refractivity contribution in [3.8, 4) is 5.75 Å². The van der Waals surface area contributed by atoms with Gasteiger partial charge in [-0.25, -0.2) is 4.79 Å². The molecule has 1 heterocycles. The molecule has 98 valence electrons. The maximum atomic E-state index is 11.7. The topological polar surface area (TPSA) is 38.8 Å². The van der Waals surface area contributed by atoms with Gasteiger partial charge in [0.25, 0.3) is 0 Å². The van der Waals surface area contributed by atoms with Crippen molar-refractivity contribution in [3.05, 3.63) is 29.8 Å². The van der Waals surface area contributed by atoms with Crippen LogP contribution in [-0.2, 0) is 4.74 Å². The fraction of sp³-hybridized carbons (Fsp3) is 0.462. The van der Waals surface area contributed by atoms with Gasteiger partial charge in [0.2, 0.25) is 0 Å². The van der Waals surface area contributed by atoms with Gasteiger partial charge >= 0.3 is 6.09 Å². The second-order valence-corrected chi connectivity index (χ2v) is 4.58. The van der Waals surface area contributed by atoms with E-state index in [2.05, 4.69) is 0 Å². The molecule has 0 aromatic heterocycles. The third-order valence-electron chi connectivity index (χ3n) is 3.16. The van der Waals surface area contributed by atoms with Gasteiger partial charge in [0.15, 0.2) is 0 Å². The van der Waals surface area contributed by atoms with Crippen molar-refractivity contribution in [2.45, 2.75) is 19.1 Å². The lowest BCUT2D eigenvalue weighted by Crippen LogP contribution is -2.33. The molecule has 1 aromatic carbocycles. The lowest BCUT2D eigenvalue weighted by Gasteiger charge is -2.19. The van der Waals surface area contributed by atoms with Crippen molar-refractivity contribution in [1.29, 1.82) is 0 Å². The Balaban J connectivity index is 2.16. The minimum absolute atomic E-state index is 0.00959. The highest BCUT2D eigenvalue weighted by Crippen LogP contribution is 2.32. The summed E-state index contributed by atoms with van der Waals surface area (Å²) in [6, 6.07) is 7.54. The van der Waals surface area contributed by atoms with Crippen molar-refractivity contribution >= 4 is 17.7 Å². The number of benzene rings is 1. The van der Waals surface area contributed by atoms with Crippen LogP contribution in [0.2, 0.25) is 0 Å². The van der Waals surface area contributed by atoms with Gasteiger partial charge in [0.05, 0.1) is 13.2 Å². The van der Waals surface area contributed by atoms with Crippen LogP contribution in [0.25, 0.3) is 0 Å². The molecule has 0 radical (unpaired) electrons. The second-order valence-electron chi connectivity index (χ2n) is 4.20. The molecular weight excluding hydrogens is 254 g/mol. The first-order chi connectivity index (χ1) is 8.67. The molecule has 0 N–H and O–H groups in total. The summed E-state index contributed by atoms with van der Waals surface area (Å²) in [6.07, 6.45) is -0.546. The summed E-state index contributed by atoms with van der Waals surface area (Å²) in [5.41, 5.74) is 0.966. The van der Waals surface area contributed by atoms with Gasteiger partial charge in [0, 0.05) is 12.4 Å². The van der Waals surface area contributed by atoms with Gasteiger partial charge in [-0.2, -0.15) is 0 Å². The fourth-order valence-electron chi connectivity index (χ4n) is 2.13. The minimum Gasteiger partial charge on any atom is -0.497 e. The van der Waals surface area contributed by atoms with E-state index in [1.807, 2.05) is 31.2 Å². The first kappa shape index (κ1) is 13.0. The van der Waals surface area contributed by atoms with Crippen molar-refractivity contribution in [3.63, 3.8) is 0 Å². The predicted molar refractivity (Wildman–Crippen MR) is 69.1 cm³/mol. The second kappa shape index (κ2) is 5.48. The molecule has 1 fully saturated rings. The molecule has 1 aliphatic heterocycles. The Bertz CT molecular complexity index is 421. The molecule has 0 bridgehead atoms. The molecule has 2 atom stereocenters. The molecule has 1 saturated heterocycles. The van der Waals surface area contributed by atoms with Crippen LogP contribution in [-0.4, -0.2) is 36.6 Å². The highest BCUT2D eigenvalue weighted by molar-refractivity contribution is 6.18. The maximum absolute atomic E-state index is 11.7. The number of methoxy groups -OCH3 is 1. The SMILES string of the molecule is COc1ccc(C2OC(=O)N(CCCl)C2C)cc1. The smallest absolute Gasteiger partial charge is 0.410 e. The number of alkyl halides is 1. The average Bonchev–Trinajstić information content (AvgIpc) is 2.67. The Hall–Kier alpha value is -1.42. The zero-order valence-corrected chi connectivity index (χ0v) is 11.2. The molecule has 2 rings (SSSR count). The van der Waals surface area contributed by atoms with Crippen LogP contribution in [0, 0.1) is 0 Å². The average molecular weight is 270 g/mol. The molecule has 1 aromatic rings. The molecule has 5 heteroatoms. The molecule has 2 unspecified atom stereocenters. The van der Waals surface area contributed by atoms with E-state index in [1.54, 1.807) is 12.0 Å². The largest absolute Gasteiger partial charge is 0.497 e. The van der Waals surface area contributed by atoms with E-state index in [9.17, 15) is 4.79 Å². The zero-order chi connectivity index (χ0) is 13.1. The molecule has 0 spiro atoms. The number of rotatable bonds is 4. The van der Waals surface area contributed by atoms with Gasteiger partial charge in [-0.05, 0) is 24.6 Å². The van der Waals surface area contributed by atoms with Crippen molar-refractivity contribution < 1.29 is 14.3 Å². The van der Waals surface area contributed by atoms with Crippen molar-refractivity contribution in [1.82, 2.24) is 4.90 Å². The molecule has 18 heavy (non-hydrogen) atoms. The van der Waals surface area contributed by atoms with E-state index >= 15 is 0 Å². The number of amides is 1. The Kier molecular flexibility index (Phi) is 3.97. The summed E-state index contributed by atoms with van der Waals surface area (Å²) < 4.78 is 10.5. The van der Waals surface area contributed by atoms with Crippen LogP contribution in [0.1, 0.15) is 18.6 Å². The number of ether oxygens (including phenoxy) is 2. The summed E-state index contributed by atoms with van der Waals surface area (Å²) in [4.78, 5) is 13.4. The molecule has 1 amide bonds. The molecular formula is C13H16ClNO3. The van der Waals surface area contributed by atoms with Crippen molar-refractivity contribution in [2.75, 3.05) is 19.5 Å². The summed E-state index contributed by atoms with van der Waals surface area (Å²) >= 11 is 5.68. The van der Waals surface area contributed by atoms with Crippen LogP contribution in [0.5, 0.6) is 5.75 Å². The summed E-state index contributed by atoms with van der Waals surface area (Å²) in [5, 5.41) is 0. The van der Waals surface area contributed by atoms with E-state index in [-0.39, 0.29) is 18.2 Å². The highest BCUT2D eigenvalue weighted by atomic mass is 35.5. The number of halogens is 1. The third kappa shape index (κ3) is 2.38. The van der Waals surface area contributed by atoms with Crippen molar-refractivity contribution in [2.24, 2.45) is 0 Å². The van der Waals surface area contributed by atoms with E-state index in [0.29, 0.717) is 12.4 Å². The number of nitrogens with zero attached hydrogens (tertiary/aromatic N) is 1. The van der Waals surface area contributed by atoms with E-state index < -0.39 is 0 Å². The zero-order valence-electron chi connectivity index (χ0n) is 10.4. The number of hydrogen-bond donors (Lipinski definition) is 0. The molecule has 0 saturated carbocycles. The molecule has 0 aliphatic carbocycles. The maximum Gasteiger partial charge on any atom is 0.410 e. The summed E-state index contributed by atoms with van der Waals surface area (Å²) in [5.74, 6) is 1.20. The molecule has 4 nitrogen and oxygen atoms in total. The Morgan fingerprint density at radius 2 is 2.06 bits per heavy atom. The number of carbonyl (C=O) groups is 1. The van der Waals surface area contributed by atoms with Gasteiger partial charge in [-0.15, -0.1) is 11.6 Å². The predicted octanol–water partition coefficient (Wildman–Crippen LogP) is 2.82. The number of cyclic esters (lactones) is 1. The number of carbonyl (C=O) groups excluding carboxylic acids is 1. The number of hydrogen-bond acceptors (Lipinski definition) is 3. The van der Waals surface area contributed by atoms with Crippen LogP contribution in [0.3, 0.4) is 0 Å². The minimum atomic E-state index is -0.302. The van der Waals surface area contributed by atoms with Gasteiger partial charge in [0.1, 0.15) is 11.9 Å². The van der Waals surface area contributed by atoms with E-state index in [4.69, 9.17) is 21.1 Å². The van der Waals surface area contributed by atoms with Gasteiger partial charge in [-0.1, -0.05) is 12.1 Å². The first-order valence-electron chi connectivity index (χ1n) is 5.84. The Morgan fingerprint density at radius 1 is 1.39 bits per heavy atom. The lowest BCUT2D eigenvalue weighted by atomic mass is 10.0. The van der Waals surface area contributed by atoms with E-state index in [0.717, 1.165) is 11.3 Å². The quantitative estimate of drug-likeness (QED) is 0.789. The molecule has 1 aliphatic rings. The normalized spacial score (nSPS) is 23.1. The standard InChI is InChI=1S/C13H16ClNO3/c1-9-12(18-13(16)15(9)8-7-14)10-3-5-11(17-2)6-4-10/h3-6,9,12H,7-8H2,1-2H3. The monoisotopic (exact) mass is 269 g/mol. The van der Waals surface area contributed by atoms with Gasteiger partial charge in [-0.3, -0.25) is 0 Å². The fourth-order valence-corrected chi connectivity index (χ4v) is 2.31. The first-order valence-corrected chi connectivity index (χ1v) is 6.38. The van der Waals surface area contributed by atoms with Crippen LogP contribution in [0.15, 0.2) is 24.3 Å². The summed E-state index contributed by atoms with van der Waals surface area (Å²) in [6.45, 7) is 2.47. The Labute approximate surface area is 111 Å². The third-order valence-corrected chi connectivity index (χ3v) is 3.33. The van der Waals surface area contributed by atoms with Crippen LogP contribution in [0.4, 0.5) is 4.79 Å². The Morgan fingerprint density at radius 3 is 2.61 bits per heavy atom. The van der Waals surface area contributed by atoms with Crippen LogP contribution < -0.4 is 4.74 Å². The lowest BCUT2D eigenvalue weighted by molar-refractivity contribution is 0.131. The highest BCUT2D eigenvalue weighted by Gasteiger charge is 2.39. The van der Waals surface area contributed by atoms with Gasteiger partial charge < -0.3 is 14.4 Å². The summed E-state index contributed by atoms with van der Waals surface area (Å²) in [7, 11) is 1.62. The van der Waals surface area contributed by atoms with Crippen LogP contribution >= 0.6 is 11.6 Å². The van der Waals surface area contributed by atoms with E-state index in [1.165, 1.54) is 0 Å².